The number of fused-ring (bicyclic) bond motifs is 1. The fourth-order valence-electron chi connectivity index (χ4n) is 4.48. The van der Waals surface area contributed by atoms with Gasteiger partial charge in [-0.05, 0) is 54.7 Å². The molecule has 4 aromatic rings. The molecule has 164 valence electrons. The summed E-state index contributed by atoms with van der Waals surface area (Å²) < 4.78 is 3.69. The molecule has 0 radical (unpaired) electrons. The SMILES string of the molecule is O=c1cc(CCc2ccccc2)ccn1-c1ccc2c(cnn2CCN2CCC(O)C2)c1. The van der Waals surface area contributed by atoms with E-state index in [2.05, 4.69) is 22.1 Å². The third-order valence-electron chi connectivity index (χ3n) is 6.31. The molecule has 1 aliphatic rings. The number of aryl methyl sites for hydroxylation is 2. The summed E-state index contributed by atoms with van der Waals surface area (Å²) in [6, 6.07) is 20.1. The fraction of sp³-hybridized carbons (Fsp3) is 0.308. The van der Waals surface area contributed by atoms with Crippen LogP contribution < -0.4 is 5.56 Å². The van der Waals surface area contributed by atoms with Crippen molar-refractivity contribution in [3.8, 4) is 5.69 Å². The Morgan fingerprint density at radius 3 is 2.59 bits per heavy atom. The summed E-state index contributed by atoms with van der Waals surface area (Å²) in [6.45, 7) is 3.34. The number of aliphatic hydroxyl groups is 1. The summed E-state index contributed by atoms with van der Waals surface area (Å²) in [5, 5.41) is 15.3. The molecule has 32 heavy (non-hydrogen) atoms. The van der Waals surface area contributed by atoms with E-state index in [0.29, 0.717) is 0 Å². The Labute approximate surface area is 187 Å². The van der Waals surface area contributed by atoms with E-state index in [-0.39, 0.29) is 11.7 Å². The molecule has 3 heterocycles. The van der Waals surface area contributed by atoms with E-state index in [1.807, 2.05) is 59.5 Å². The minimum Gasteiger partial charge on any atom is -0.392 e. The van der Waals surface area contributed by atoms with Gasteiger partial charge in [0.25, 0.3) is 5.56 Å². The molecular weight excluding hydrogens is 400 g/mol. The Morgan fingerprint density at radius 1 is 0.969 bits per heavy atom. The number of aliphatic hydroxyl groups excluding tert-OH is 1. The van der Waals surface area contributed by atoms with Gasteiger partial charge in [0.15, 0.2) is 0 Å². The average molecular weight is 429 g/mol. The van der Waals surface area contributed by atoms with Crippen molar-refractivity contribution in [2.75, 3.05) is 19.6 Å². The van der Waals surface area contributed by atoms with Crippen LogP contribution in [-0.4, -0.2) is 50.1 Å². The molecule has 0 saturated carbocycles. The van der Waals surface area contributed by atoms with Gasteiger partial charge in [-0.15, -0.1) is 0 Å². The molecule has 1 aliphatic heterocycles. The molecule has 1 atom stereocenters. The quantitative estimate of drug-likeness (QED) is 0.492. The Kier molecular flexibility index (Phi) is 5.88. The van der Waals surface area contributed by atoms with Crippen LogP contribution in [0, 0.1) is 0 Å². The molecule has 1 saturated heterocycles. The maximum Gasteiger partial charge on any atom is 0.255 e. The summed E-state index contributed by atoms with van der Waals surface area (Å²) in [5.74, 6) is 0. The lowest BCUT2D eigenvalue weighted by molar-refractivity contribution is 0.175. The van der Waals surface area contributed by atoms with Crippen molar-refractivity contribution in [2.45, 2.75) is 31.9 Å². The Morgan fingerprint density at radius 2 is 1.81 bits per heavy atom. The average Bonchev–Trinajstić information content (AvgIpc) is 3.42. The first-order valence-electron chi connectivity index (χ1n) is 11.3. The molecule has 1 fully saturated rings. The van der Waals surface area contributed by atoms with Gasteiger partial charge < -0.3 is 5.11 Å². The third kappa shape index (κ3) is 4.52. The molecule has 0 amide bonds. The second-order valence-corrected chi connectivity index (χ2v) is 8.58. The highest BCUT2D eigenvalue weighted by molar-refractivity contribution is 5.80. The van der Waals surface area contributed by atoms with Gasteiger partial charge in [-0.3, -0.25) is 18.9 Å². The molecule has 0 aliphatic carbocycles. The molecule has 2 aromatic carbocycles. The van der Waals surface area contributed by atoms with Gasteiger partial charge in [-0.25, -0.2) is 0 Å². The first-order chi connectivity index (χ1) is 15.7. The molecule has 0 spiro atoms. The fourth-order valence-corrected chi connectivity index (χ4v) is 4.48. The monoisotopic (exact) mass is 428 g/mol. The zero-order valence-electron chi connectivity index (χ0n) is 18.1. The number of aromatic nitrogens is 3. The molecule has 1 N–H and O–H groups in total. The highest BCUT2D eigenvalue weighted by Crippen LogP contribution is 2.19. The molecule has 0 bridgehead atoms. The Hall–Kier alpha value is -3.22. The van der Waals surface area contributed by atoms with Crippen molar-refractivity contribution >= 4 is 10.9 Å². The standard InChI is InChI=1S/C26H28N4O2/c31-24-11-12-28(19-24)14-15-30-25-9-8-23(17-22(25)18-27-30)29-13-10-21(16-26(29)32)7-6-20-4-2-1-3-5-20/h1-5,8-10,13,16-18,24,31H,6-7,11-12,14-15,19H2. The number of benzene rings is 2. The number of hydrogen-bond acceptors (Lipinski definition) is 4. The van der Waals surface area contributed by atoms with Gasteiger partial charge in [0.2, 0.25) is 0 Å². The third-order valence-corrected chi connectivity index (χ3v) is 6.31. The smallest absolute Gasteiger partial charge is 0.255 e. The van der Waals surface area contributed by atoms with Crippen molar-refractivity contribution in [1.29, 1.82) is 0 Å². The number of β-amino-alcohol motifs (C(OH)–C–C–N with tert-alkyl or cyclic N) is 1. The summed E-state index contributed by atoms with van der Waals surface area (Å²) in [4.78, 5) is 15.1. The minimum absolute atomic E-state index is 0.0186. The zero-order chi connectivity index (χ0) is 21.9. The van der Waals surface area contributed by atoms with Gasteiger partial charge in [-0.1, -0.05) is 30.3 Å². The topological polar surface area (TPSA) is 63.3 Å². The van der Waals surface area contributed by atoms with Crippen LogP contribution in [0.1, 0.15) is 17.5 Å². The number of likely N-dealkylation sites (tertiary alicyclic amines) is 1. The van der Waals surface area contributed by atoms with Crippen molar-refractivity contribution < 1.29 is 5.11 Å². The van der Waals surface area contributed by atoms with Crippen LogP contribution in [0.3, 0.4) is 0 Å². The second-order valence-electron chi connectivity index (χ2n) is 8.58. The van der Waals surface area contributed by atoms with Crippen molar-refractivity contribution in [1.82, 2.24) is 19.2 Å². The maximum atomic E-state index is 12.8. The van der Waals surface area contributed by atoms with Crippen molar-refractivity contribution in [2.24, 2.45) is 0 Å². The highest BCUT2D eigenvalue weighted by Gasteiger charge is 2.19. The molecule has 1 unspecified atom stereocenters. The number of pyridine rings is 1. The lowest BCUT2D eigenvalue weighted by Crippen LogP contribution is -2.26. The van der Waals surface area contributed by atoms with Gasteiger partial charge in [0.05, 0.1) is 24.4 Å². The van der Waals surface area contributed by atoms with Crippen LogP contribution in [0.2, 0.25) is 0 Å². The molecule has 6 heteroatoms. The van der Waals surface area contributed by atoms with E-state index >= 15 is 0 Å². The normalized spacial score (nSPS) is 16.7. The Bertz CT molecular complexity index is 1260. The summed E-state index contributed by atoms with van der Waals surface area (Å²) in [6.07, 6.45) is 6.15. The molecule has 5 rings (SSSR count). The van der Waals surface area contributed by atoms with Gasteiger partial charge in [0.1, 0.15) is 0 Å². The van der Waals surface area contributed by atoms with Crippen molar-refractivity contribution in [3.63, 3.8) is 0 Å². The molecule has 6 nitrogen and oxygen atoms in total. The lowest BCUT2D eigenvalue weighted by atomic mass is 10.1. The van der Waals surface area contributed by atoms with E-state index in [4.69, 9.17) is 0 Å². The van der Waals surface area contributed by atoms with E-state index in [1.165, 1.54) is 5.56 Å². The van der Waals surface area contributed by atoms with Crippen LogP contribution in [0.5, 0.6) is 0 Å². The molecular formula is C26H28N4O2. The van der Waals surface area contributed by atoms with E-state index in [9.17, 15) is 9.90 Å². The van der Waals surface area contributed by atoms with Crippen LogP contribution in [-0.2, 0) is 19.4 Å². The zero-order valence-corrected chi connectivity index (χ0v) is 18.1. The highest BCUT2D eigenvalue weighted by atomic mass is 16.3. The number of nitrogens with zero attached hydrogens (tertiary/aromatic N) is 4. The maximum absolute atomic E-state index is 12.8. The van der Waals surface area contributed by atoms with Crippen LogP contribution in [0.4, 0.5) is 0 Å². The summed E-state index contributed by atoms with van der Waals surface area (Å²) in [7, 11) is 0. The first kappa shape index (κ1) is 20.7. The molecule has 2 aromatic heterocycles. The summed E-state index contributed by atoms with van der Waals surface area (Å²) in [5.41, 5.74) is 4.21. The van der Waals surface area contributed by atoms with Crippen LogP contribution in [0.25, 0.3) is 16.6 Å². The predicted molar refractivity (Wildman–Crippen MR) is 126 cm³/mol. The van der Waals surface area contributed by atoms with Crippen LogP contribution >= 0.6 is 0 Å². The van der Waals surface area contributed by atoms with E-state index in [1.54, 1.807) is 10.6 Å². The van der Waals surface area contributed by atoms with Crippen molar-refractivity contribution in [3.05, 3.63) is 94.5 Å². The predicted octanol–water partition coefficient (Wildman–Crippen LogP) is 3.04. The largest absolute Gasteiger partial charge is 0.392 e. The van der Waals surface area contributed by atoms with E-state index < -0.39 is 0 Å². The lowest BCUT2D eigenvalue weighted by Gasteiger charge is -2.15. The van der Waals surface area contributed by atoms with E-state index in [0.717, 1.165) is 67.6 Å². The first-order valence-corrected chi connectivity index (χ1v) is 11.3. The van der Waals surface area contributed by atoms with Gasteiger partial charge >= 0.3 is 0 Å². The van der Waals surface area contributed by atoms with Gasteiger partial charge in [0, 0.05) is 43.0 Å². The Balaban J connectivity index is 1.29. The number of hydrogen-bond donors (Lipinski definition) is 1. The second kappa shape index (κ2) is 9.10. The van der Waals surface area contributed by atoms with Gasteiger partial charge in [-0.2, -0.15) is 5.10 Å². The van der Waals surface area contributed by atoms with Crippen LogP contribution in [0.15, 0.2) is 77.9 Å². The summed E-state index contributed by atoms with van der Waals surface area (Å²) >= 11 is 0. The minimum atomic E-state index is -0.199. The number of rotatable bonds is 7.